The van der Waals surface area contributed by atoms with E-state index in [2.05, 4.69) is 55.6 Å². The van der Waals surface area contributed by atoms with Crippen LogP contribution in [0.2, 0.25) is 0 Å². The van der Waals surface area contributed by atoms with Crippen LogP contribution in [0.5, 0.6) is 0 Å². The Labute approximate surface area is 276 Å². The van der Waals surface area contributed by atoms with Gasteiger partial charge in [-0.2, -0.15) is 0 Å². The summed E-state index contributed by atoms with van der Waals surface area (Å²) in [7, 11) is 1.21. The molecule has 3 unspecified atom stereocenters. The van der Waals surface area contributed by atoms with Gasteiger partial charge in [0, 0.05) is 6.42 Å². The summed E-state index contributed by atoms with van der Waals surface area (Å²) < 4.78 is 22.9. The molecular weight excluding hydrogens is 587 g/mol. The van der Waals surface area contributed by atoms with Crippen LogP contribution in [0.3, 0.4) is 0 Å². The smallest absolute Gasteiger partial charge is 0.268 e. The molecule has 3 atom stereocenters. The second-order valence-corrected chi connectivity index (χ2v) is 14.3. The maximum absolute atomic E-state index is 12.7. The molecule has 1 amide bonds. The van der Waals surface area contributed by atoms with Crippen molar-refractivity contribution in [2.75, 3.05) is 40.9 Å². The minimum Gasteiger partial charge on any atom is -0.756 e. The van der Waals surface area contributed by atoms with Gasteiger partial charge in [-0.15, -0.1) is 0 Å². The van der Waals surface area contributed by atoms with Crippen molar-refractivity contribution >= 4 is 13.7 Å². The zero-order valence-electron chi connectivity index (χ0n) is 29.3. The summed E-state index contributed by atoms with van der Waals surface area (Å²) in [4.78, 5) is 25.0. The molecule has 0 aromatic heterocycles. The summed E-state index contributed by atoms with van der Waals surface area (Å²) >= 11 is 0. The molecule has 9 heteroatoms. The summed E-state index contributed by atoms with van der Waals surface area (Å²) in [5, 5.41) is 13.6. The standard InChI is InChI=1S/C36H67N2O6P/c1-6-8-10-12-14-16-17-18-19-20-22-23-25-27-29-35(39)34(33-44-45(41,42)43-32-31-38(3,4)5)37-36(40)30-28-26-24-21-15-13-11-9-7-2/h16-17,20-22,24,27,29,34-35,39H,6-15,18-19,23,25-26,28,30-33H2,1-5H3,(H-,37,40,41,42)/b17-16+,22-20+,24-21-,29-27+. The molecule has 0 fully saturated rings. The van der Waals surface area contributed by atoms with E-state index in [4.69, 9.17) is 9.05 Å². The van der Waals surface area contributed by atoms with Crippen LogP contribution >= 0.6 is 7.82 Å². The van der Waals surface area contributed by atoms with Crippen molar-refractivity contribution < 1.29 is 32.9 Å². The maximum Gasteiger partial charge on any atom is 0.268 e. The molecule has 0 saturated carbocycles. The normalized spacial score (nSPS) is 15.4. The van der Waals surface area contributed by atoms with Gasteiger partial charge in [0.1, 0.15) is 13.2 Å². The molecule has 0 bridgehead atoms. The SMILES string of the molecule is CCCCCC/C=C\CCCC(=O)NC(COP(=O)([O-])OCC[N+](C)(C)C)C(O)/C=C/CC/C=C/CC/C=C/CCCCCC. The van der Waals surface area contributed by atoms with Gasteiger partial charge in [0.05, 0.1) is 39.9 Å². The molecule has 8 nitrogen and oxygen atoms in total. The molecule has 45 heavy (non-hydrogen) atoms. The maximum atomic E-state index is 12.7. The van der Waals surface area contributed by atoms with Gasteiger partial charge >= 0.3 is 0 Å². The Hall–Kier alpha value is -1.54. The fourth-order valence-electron chi connectivity index (χ4n) is 4.36. The van der Waals surface area contributed by atoms with Crippen LogP contribution in [-0.4, -0.2) is 68.5 Å². The van der Waals surface area contributed by atoms with Crippen LogP contribution in [0.4, 0.5) is 0 Å². The predicted octanol–water partition coefficient (Wildman–Crippen LogP) is 7.94. The van der Waals surface area contributed by atoms with E-state index in [0.717, 1.165) is 44.9 Å². The van der Waals surface area contributed by atoms with Crippen LogP contribution in [-0.2, 0) is 18.4 Å². The number of phosphoric ester groups is 1. The summed E-state index contributed by atoms with van der Waals surface area (Å²) in [5.41, 5.74) is 0. The van der Waals surface area contributed by atoms with Gasteiger partial charge in [-0.1, -0.05) is 101 Å². The Morgan fingerprint density at radius 3 is 1.76 bits per heavy atom. The lowest BCUT2D eigenvalue weighted by Gasteiger charge is -2.29. The van der Waals surface area contributed by atoms with Gasteiger partial charge in [0.2, 0.25) is 5.91 Å². The average molecular weight is 655 g/mol. The number of aliphatic hydroxyl groups excluding tert-OH is 1. The van der Waals surface area contributed by atoms with Crippen molar-refractivity contribution in [3.63, 3.8) is 0 Å². The third-order valence-electron chi connectivity index (χ3n) is 7.24. The first-order valence-corrected chi connectivity index (χ1v) is 19.0. The van der Waals surface area contributed by atoms with Gasteiger partial charge in [0.25, 0.3) is 7.82 Å². The van der Waals surface area contributed by atoms with E-state index in [0.29, 0.717) is 17.4 Å². The van der Waals surface area contributed by atoms with Gasteiger partial charge in [-0.25, -0.2) is 0 Å². The molecule has 0 aromatic rings. The van der Waals surface area contributed by atoms with Crippen molar-refractivity contribution in [1.82, 2.24) is 5.32 Å². The number of quaternary nitrogens is 1. The van der Waals surface area contributed by atoms with E-state index in [1.54, 1.807) is 6.08 Å². The Kier molecular flexibility index (Phi) is 27.7. The zero-order chi connectivity index (χ0) is 33.7. The minimum atomic E-state index is -4.59. The Balaban J connectivity index is 4.74. The lowest BCUT2D eigenvalue weighted by Crippen LogP contribution is -2.45. The first-order valence-electron chi connectivity index (χ1n) is 17.5. The molecule has 0 aromatic carbocycles. The predicted molar refractivity (Wildman–Crippen MR) is 187 cm³/mol. The molecule has 0 saturated heterocycles. The van der Waals surface area contributed by atoms with E-state index < -0.39 is 26.6 Å². The summed E-state index contributed by atoms with van der Waals surface area (Å²) in [6.45, 7) is 4.49. The van der Waals surface area contributed by atoms with Gasteiger partial charge in [-0.05, 0) is 64.2 Å². The molecular formula is C36H67N2O6P. The van der Waals surface area contributed by atoms with Crippen molar-refractivity contribution in [1.29, 1.82) is 0 Å². The number of aliphatic hydroxyl groups is 1. The number of allylic oxidation sites excluding steroid dienone is 7. The Morgan fingerprint density at radius 2 is 1.24 bits per heavy atom. The molecule has 0 aliphatic heterocycles. The highest BCUT2D eigenvalue weighted by molar-refractivity contribution is 7.45. The molecule has 0 rings (SSSR count). The van der Waals surface area contributed by atoms with Gasteiger partial charge in [0.15, 0.2) is 0 Å². The van der Waals surface area contributed by atoms with Crippen molar-refractivity contribution in [2.24, 2.45) is 0 Å². The Bertz CT molecular complexity index is 881. The fraction of sp³-hybridized carbons (Fsp3) is 0.750. The van der Waals surface area contributed by atoms with E-state index >= 15 is 0 Å². The molecule has 2 N–H and O–H groups in total. The van der Waals surface area contributed by atoms with Gasteiger partial charge in [-0.3, -0.25) is 9.36 Å². The molecule has 0 spiro atoms. The average Bonchev–Trinajstić information content (AvgIpc) is 2.97. The number of carbonyl (C=O) groups excluding carboxylic acids is 1. The minimum absolute atomic E-state index is 0.0151. The fourth-order valence-corrected chi connectivity index (χ4v) is 5.08. The molecule has 0 heterocycles. The lowest BCUT2D eigenvalue weighted by molar-refractivity contribution is -0.870. The zero-order valence-corrected chi connectivity index (χ0v) is 30.2. The second kappa shape index (κ2) is 28.7. The highest BCUT2D eigenvalue weighted by atomic mass is 31.2. The number of nitrogens with one attached hydrogen (secondary N) is 1. The quantitative estimate of drug-likeness (QED) is 0.0353. The monoisotopic (exact) mass is 654 g/mol. The first-order chi connectivity index (χ1) is 21.5. The summed E-state index contributed by atoms with van der Waals surface area (Å²) in [6, 6.07) is -0.920. The third kappa shape index (κ3) is 30.9. The topological polar surface area (TPSA) is 108 Å². The van der Waals surface area contributed by atoms with E-state index in [9.17, 15) is 19.4 Å². The number of likely N-dealkylation sites (N-methyl/N-ethyl adjacent to an activating group) is 1. The van der Waals surface area contributed by atoms with E-state index in [1.165, 1.54) is 51.4 Å². The molecule has 0 radical (unpaired) electrons. The van der Waals surface area contributed by atoms with E-state index in [-0.39, 0.29) is 18.9 Å². The highest BCUT2D eigenvalue weighted by Gasteiger charge is 2.23. The van der Waals surface area contributed by atoms with Crippen molar-refractivity contribution in [3.05, 3.63) is 48.6 Å². The van der Waals surface area contributed by atoms with Crippen LogP contribution in [0.25, 0.3) is 0 Å². The summed E-state index contributed by atoms with van der Waals surface area (Å²) in [5.74, 6) is -0.253. The number of nitrogens with zero attached hydrogens (tertiary/aromatic N) is 1. The highest BCUT2D eigenvalue weighted by Crippen LogP contribution is 2.38. The number of carbonyl (C=O) groups is 1. The third-order valence-corrected chi connectivity index (χ3v) is 8.20. The first kappa shape index (κ1) is 43.5. The largest absolute Gasteiger partial charge is 0.756 e. The summed E-state index contributed by atoms with van der Waals surface area (Å²) in [6.07, 6.45) is 33.1. The molecule has 0 aliphatic carbocycles. The van der Waals surface area contributed by atoms with Crippen LogP contribution in [0.15, 0.2) is 48.6 Å². The number of amides is 1. The van der Waals surface area contributed by atoms with Crippen LogP contribution < -0.4 is 10.2 Å². The number of phosphoric acid groups is 1. The number of unbranched alkanes of at least 4 members (excludes halogenated alkanes) is 11. The molecule has 0 aliphatic rings. The Morgan fingerprint density at radius 1 is 0.756 bits per heavy atom. The van der Waals surface area contributed by atoms with Crippen LogP contribution in [0.1, 0.15) is 123 Å². The lowest BCUT2D eigenvalue weighted by atomic mass is 10.1. The van der Waals surface area contributed by atoms with Crippen LogP contribution in [0, 0.1) is 0 Å². The second-order valence-electron chi connectivity index (χ2n) is 12.8. The number of rotatable bonds is 30. The van der Waals surface area contributed by atoms with Crippen molar-refractivity contribution in [2.45, 2.75) is 135 Å². The van der Waals surface area contributed by atoms with Gasteiger partial charge < -0.3 is 28.8 Å². The van der Waals surface area contributed by atoms with E-state index in [1.807, 2.05) is 27.2 Å². The van der Waals surface area contributed by atoms with Crippen molar-refractivity contribution in [3.8, 4) is 0 Å². The molecule has 262 valence electrons. The number of hydrogen-bond acceptors (Lipinski definition) is 6. The number of hydrogen-bond donors (Lipinski definition) is 2.